The summed E-state index contributed by atoms with van der Waals surface area (Å²) in [6.07, 6.45) is 1.44. The van der Waals surface area contributed by atoms with Crippen LogP contribution in [0.15, 0.2) is 16.8 Å². The topological polar surface area (TPSA) is 75.9 Å². The Balaban J connectivity index is 2.93. The third-order valence-electron chi connectivity index (χ3n) is 0.703. The van der Waals surface area contributed by atoms with E-state index in [4.69, 9.17) is 11.1 Å². The zero-order chi connectivity index (χ0) is 5.98. The van der Waals surface area contributed by atoms with Gasteiger partial charge < -0.3 is 10.3 Å². The molecule has 0 spiro atoms. The zero-order valence-corrected chi connectivity index (χ0v) is 4.09. The Morgan fingerprint density at radius 3 is 2.88 bits per heavy atom. The number of nitrogen functional groups attached to an aromatic ring is 1. The van der Waals surface area contributed by atoms with Crippen molar-refractivity contribution in [2.75, 3.05) is 0 Å². The molecule has 1 heterocycles. The molecule has 4 nitrogen and oxygen atoms in total. The van der Waals surface area contributed by atoms with Gasteiger partial charge >= 0.3 is 0 Å². The minimum atomic E-state index is -0.0949. The minimum absolute atomic E-state index is 0.0949. The normalized spacial score (nSPS) is 9.00. The van der Waals surface area contributed by atoms with Gasteiger partial charge in [0.2, 0.25) is 5.76 Å². The first-order valence-electron chi connectivity index (χ1n) is 2.06. The lowest BCUT2D eigenvalue weighted by Crippen LogP contribution is -2.09. The van der Waals surface area contributed by atoms with E-state index in [0.717, 1.165) is 0 Å². The van der Waals surface area contributed by atoms with Crippen LogP contribution in [-0.4, -0.2) is 11.0 Å². The quantitative estimate of drug-likeness (QED) is 0.394. The second-order valence-electron chi connectivity index (χ2n) is 1.29. The first kappa shape index (κ1) is 4.83. The summed E-state index contributed by atoms with van der Waals surface area (Å²) >= 11 is 0. The van der Waals surface area contributed by atoms with Gasteiger partial charge in [-0.05, 0) is 0 Å². The number of nitrogens with two attached hydrogens (primary N) is 1. The molecule has 3 N–H and O–H groups in total. The number of amidine groups is 1. The number of nitrogens with one attached hydrogen (secondary N) is 1. The standard InChI is InChI=1S/C4H5N3O/c5-4(6)3-1-2-7-8-3/h1-2H,(H3,5,6). The van der Waals surface area contributed by atoms with Crippen molar-refractivity contribution in [2.24, 2.45) is 5.73 Å². The van der Waals surface area contributed by atoms with Crippen LogP contribution in [0.1, 0.15) is 5.76 Å². The van der Waals surface area contributed by atoms with E-state index in [2.05, 4.69) is 9.68 Å². The Bertz CT molecular complexity index is 179. The monoisotopic (exact) mass is 111 g/mol. The maximum atomic E-state index is 6.80. The lowest BCUT2D eigenvalue weighted by Gasteiger charge is -1.82. The molecule has 0 aliphatic carbocycles. The zero-order valence-electron chi connectivity index (χ0n) is 4.09. The van der Waals surface area contributed by atoms with Crippen molar-refractivity contribution >= 4 is 5.84 Å². The average molecular weight is 111 g/mol. The fourth-order valence-electron chi connectivity index (χ4n) is 0.355. The molecular weight excluding hydrogens is 106 g/mol. The lowest BCUT2D eigenvalue weighted by atomic mass is 10.4. The molecule has 0 radical (unpaired) electrons. The van der Waals surface area contributed by atoms with Gasteiger partial charge in [-0.15, -0.1) is 0 Å². The summed E-state index contributed by atoms with van der Waals surface area (Å²) in [5.41, 5.74) is 5.01. The van der Waals surface area contributed by atoms with Crippen molar-refractivity contribution in [1.29, 1.82) is 5.41 Å². The van der Waals surface area contributed by atoms with Gasteiger partial charge in [0.15, 0.2) is 5.84 Å². The molecule has 0 atom stereocenters. The van der Waals surface area contributed by atoms with Crippen molar-refractivity contribution in [1.82, 2.24) is 5.16 Å². The number of aromatic nitrogens is 1. The number of nitrogens with zero attached hydrogens (tertiary/aromatic N) is 1. The average Bonchev–Trinajstić information content (AvgIpc) is 2.12. The summed E-state index contributed by atoms with van der Waals surface area (Å²) in [6, 6.07) is 1.53. The predicted octanol–water partition coefficient (Wildman–Crippen LogP) is -0.0413. The molecule has 1 aromatic heterocycles. The van der Waals surface area contributed by atoms with Gasteiger partial charge in [-0.3, -0.25) is 5.41 Å². The maximum Gasteiger partial charge on any atom is 0.200 e. The van der Waals surface area contributed by atoms with Gasteiger partial charge in [0.25, 0.3) is 0 Å². The van der Waals surface area contributed by atoms with Crippen molar-refractivity contribution in [3.05, 3.63) is 18.0 Å². The highest BCUT2D eigenvalue weighted by molar-refractivity contribution is 5.91. The van der Waals surface area contributed by atoms with Gasteiger partial charge in [-0.2, -0.15) is 0 Å². The Morgan fingerprint density at radius 1 is 1.88 bits per heavy atom. The van der Waals surface area contributed by atoms with Crippen LogP contribution in [0.5, 0.6) is 0 Å². The maximum absolute atomic E-state index is 6.80. The highest BCUT2D eigenvalue weighted by Gasteiger charge is 1.96. The Kier molecular flexibility index (Phi) is 0.997. The van der Waals surface area contributed by atoms with Crippen molar-refractivity contribution in [3.8, 4) is 0 Å². The lowest BCUT2D eigenvalue weighted by molar-refractivity contribution is 0.412. The smallest absolute Gasteiger partial charge is 0.200 e. The van der Waals surface area contributed by atoms with Crippen LogP contribution in [0.4, 0.5) is 0 Å². The molecular formula is C4H5N3O. The van der Waals surface area contributed by atoms with Gasteiger partial charge in [-0.1, -0.05) is 5.16 Å². The molecule has 42 valence electrons. The molecule has 0 aliphatic rings. The molecule has 0 saturated heterocycles. The predicted molar refractivity (Wildman–Crippen MR) is 27.5 cm³/mol. The van der Waals surface area contributed by atoms with E-state index in [1.165, 1.54) is 12.3 Å². The number of hydrogen-bond acceptors (Lipinski definition) is 3. The Morgan fingerprint density at radius 2 is 2.62 bits per heavy atom. The van der Waals surface area contributed by atoms with Crippen LogP contribution >= 0.6 is 0 Å². The van der Waals surface area contributed by atoms with Crippen LogP contribution < -0.4 is 5.73 Å². The molecule has 1 rings (SSSR count). The van der Waals surface area contributed by atoms with E-state index in [9.17, 15) is 0 Å². The summed E-state index contributed by atoms with van der Waals surface area (Å²) in [4.78, 5) is 0. The van der Waals surface area contributed by atoms with Crippen LogP contribution in [0.2, 0.25) is 0 Å². The Labute approximate surface area is 45.8 Å². The molecule has 1 aromatic rings. The van der Waals surface area contributed by atoms with Crippen molar-refractivity contribution in [3.63, 3.8) is 0 Å². The van der Waals surface area contributed by atoms with E-state index < -0.39 is 0 Å². The van der Waals surface area contributed by atoms with Gasteiger partial charge in [0.05, 0.1) is 6.20 Å². The van der Waals surface area contributed by atoms with Gasteiger partial charge in [0.1, 0.15) is 0 Å². The Hall–Kier alpha value is -1.32. The van der Waals surface area contributed by atoms with Crippen LogP contribution in [0.3, 0.4) is 0 Å². The second-order valence-corrected chi connectivity index (χ2v) is 1.29. The largest absolute Gasteiger partial charge is 0.381 e. The van der Waals surface area contributed by atoms with Crippen LogP contribution in [-0.2, 0) is 0 Å². The van der Waals surface area contributed by atoms with Gasteiger partial charge in [-0.25, -0.2) is 0 Å². The summed E-state index contributed by atoms with van der Waals surface area (Å²) in [6.45, 7) is 0. The summed E-state index contributed by atoms with van der Waals surface area (Å²) in [5.74, 6) is 0.215. The highest BCUT2D eigenvalue weighted by atomic mass is 16.5. The molecule has 0 unspecified atom stereocenters. The van der Waals surface area contributed by atoms with E-state index in [1.54, 1.807) is 0 Å². The number of hydrogen-bond donors (Lipinski definition) is 2. The molecule has 0 aliphatic heterocycles. The number of rotatable bonds is 1. The molecule has 0 aromatic carbocycles. The molecule has 0 saturated carbocycles. The summed E-state index contributed by atoms with van der Waals surface area (Å²) in [7, 11) is 0. The van der Waals surface area contributed by atoms with Crippen molar-refractivity contribution in [2.45, 2.75) is 0 Å². The first-order chi connectivity index (χ1) is 3.80. The SMILES string of the molecule is N=C(N)c1ccno1. The van der Waals surface area contributed by atoms with E-state index >= 15 is 0 Å². The molecule has 8 heavy (non-hydrogen) atoms. The third kappa shape index (κ3) is 0.676. The summed E-state index contributed by atoms with van der Waals surface area (Å²) in [5, 5.41) is 10.1. The highest BCUT2D eigenvalue weighted by Crippen LogP contribution is 1.91. The third-order valence-corrected chi connectivity index (χ3v) is 0.703. The molecule has 0 amide bonds. The first-order valence-corrected chi connectivity index (χ1v) is 2.06. The molecule has 4 heteroatoms. The molecule has 0 fully saturated rings. The van der Waals surface area contributed by atoms with Crippen molar-refractivity contribution < 1.29 is 4.52 Å². The fraction of sp³-hybridized carbons (Fsp3) is 0. The second kappa shape index (κ2) is 1.65. The van der Waals surface area contributed by atoms with Crippen LogP contribution in [0, 0.1) is 5.41 Å². The van der Waals surface area contributed by atoms with E-state index in [1.807, 2.05) is 0 Å². The summed E-state index contributed by atoms with van der Waals surface area (Å²) < 4.78 is 4.50. The fourth-order valence-corrected chi connectivity index (χ4v) is 0.355. The van der Waals surface area contributed by atoms with Crippen LogP contribution in [0.25, 0.3) is 0 Å². The molecule has 0 bridgehead atoms. The van der Waals surface area contributed by atoms with Gasteiger partial charge in [0, 0.05) is 6.07 Å². The minimum Gasteiger partial charge on any atom is -0.381 e. The van der Waals surface area contributed by atoms with E-state index in [-0.39, 0.29) is 5.84 Å². The van der Waals surface area contributed by atoms with E-state index in [0.29, 0.717) is 5.76 Å².